The number of anilines is 1. The minimum absolute atomic E-state index is 0.297. The van der Waals surface area contributed by atoms with Gasteiger partial charge in [-0.15, -0.1) is 0 Å². The Kier molecular flexibility index (Phi) is 6.41. The SMILES string of the molecule is COc1ccccc1N1C(=S)N[C@H](c2ccccn2)[C@H]1c1cc(C)n(-c2cccc(C(F)(F)F)c2)c1C. The van der Waals surface area contributed by atoms with E-state index in [1.807, 2.05) is 71.8 Å². The Labute approximate surface area is 218 Å². The summed E-state index contributed by atoms with van der Waals surface area (Å²) in [5.41, 5.74) is 3.89. The molecule has 4 aromatic rings. The first-order valence-corrected chi connectivity index (χ1v) is 12.1. The lowest BCUT2D eigenvalue weighted by atomic mass is 9.96. The maximum Gasteiger partial charge on any atom is 0.416 e. The second-order valence-corrected chi connectivity index (χ2v) is 9.27. The Hall–Kier alpha value is -3.85. The molecule has 0 radical (unpaired) electrons. The van der Waals surface area contributed by atoms with E-state index in [1.165, 1.54) is 12.1 Å². The average Bonchev–Trinajstić information content (AvgIpc) is 3.38. The van der Waals surface area contributed by atoms with Crippen LogP contribution in [0.1, 0.15) is 40.3 Å². The average molecular weight is 523 g/mol. The number of halogens is 3. The van der Waals surface area contributed by atoms with Crippen molar-refractivity contribution < 1.29 is 17.9 Å². The van der Waals surface area contributed by atoms with Crippen LogP contribution in [0.3, 0.4) is 0 Å². The highest BCUT2D eigenvalue weighted by atomic mass is 32.1. The molecule has 37 heavy (non-hydrogen) atoms. The smallest absolute Gasteiger partial charge is 0.416 e. The molecule has 0 saturated carbocycles. The molecule has 0 bridgehead atoms. The van der Waals surface area contributed by atoms with Crippen LogP contribution in [0.2, 0.25) is 0 Å². The van der Waals surface area contributed by atoms with Gasteiger partial charge in [-0.05, 0) is 80.2 Å². The first kappa shape index (κ1) is 24.8. The van der Waals surface area contributed by atoms with E-state index in [-0.39, 0.29) is 12.1 Å². The van der Waals surface area contributed by atoms with Gasteiger partial charge >= 0.3 is 6.18 Å². The van der Waals surface area contributed by atoms with Crippen molar-refractivity contribution in [2.75, 3.05) is 12.0 Å². The van der Waals surface area contributed by atoms with Crippen molar-refractivity contribution in [1.29, 1.82) is 0 Å². The van der Waals surface area contributed by atoms with Crippen LogP contribution in [-0.2, 0) is 6.18 Å². The molecular weight excluding hydrogens is 497 g/mol. The molecule has 0 spiro atoms. The number of ether oxygens (including phenoxy) is 1. The fourth-order valence-corrected chi connectivity index (χ4v) is 5.40. The van der Waals surface area contributed by atoms with Gasteiger partial charge in [0.05, 0.1) is 36.1 Å². The van der Waals surface area contributed by atoms with Crippen LogP contribution >= 0.6 is 12.2 Å². The monoisotopic (exact) mass is 522 g/mol. The topological polar surface area (TPSA) is 42.3 Å². The third-order valence-corrected chi connectivity index (χ3v) is 6.98. The van der Waals surface area contributed by atoms with Crippen LogP contribution in [0.5, 0.6) is 5.75 Å². The molecule has 2 aromatic carbocycles. The Morgan fingerprint density at radius 1 is 0.973 bits per heavy atom. The largest absolute Gasteiger partial charge is 0.495 e. The van der Waals surface area contributed by atoms with Crippen molar-refractivity contribution in [1.82, 2.24) is 14.9 Å². The van der Waals surface area contributed by atoms with Crippen molar-refractivity contribution in [2.24, 2.45) is 0 Å². The van der Waals surface area contributed by atoms with E-state index in [0.29, 0.717) is 16.5 Å². The molecule has 0 amide bonds. The summed E-state index contributed by atoms with van der Waals surface area (Å²) in [6.45, 7) is 3.81. The van der Waals surface area contributed by atoms with Gasteiger partial charge in [0.2, 0.25) is 0 Å². The number of pyridine rings is 1. The summed E-state index contributed by atoms with van der Waals surface area (Å²) < 4.78 is 47.9. The number of aryl methyl sites for hydroxylation is 1. The third-order valence-electron chi connectivity index (χ3n) is 6.66. The van der Waals surface area contributed by atoms with E-state index < -0.39 is 11.7 Å². The van der Waals surface area contributed by atoms with E-state index in [9.17, 15) is 13.2 Å². The zero-order valence-electron chi connectivity index (χ0n) is 20.5. The van der Waals surface area contributed by atoms with Crippen LogP contribution in [0.25, 0.3) is 5.69 Å². The molecule has 190 valence electrons. The lowest BCUT2D eigenvalue weighted by Gasteiger charge is -2.29. The molecule has 1 N–H and O–H groups in total. The number of methoxy groups -OCH3 is 1. The highest BCUT2D eigenvalue weighted by molar-refractivity contribution is 7.80. The maximum absolute atomic E-state index is 13.5. The van der Waals surface area contributed by atoms with Gasteiger partial charge in [-0.1, -0.05) is 24.3 Å². The van der Waals surface area contributed by atoms with Crippen molar-refractivity contribution in [2.45, 2.75) is 32.1 Å². The number of nitrogens with one attached hydrogen (secondary N) is 1. The van der Waals surface area contributed by atoms with Crippen LogP contribution in [0.15, 0.2) is 79.0 Å². The van der Waals surface area contributed by atoms with Gasteiger partial charge in [-0.25, -0.2) is 0 Å². The Morgan fingerprint density at radius 2 is 1.73 bits per heavy atom. The molecule has 1 aliphatic heterocycles. The molecule has 1 saturated heterocycles. The molecular formula is C28H25F3N4OS. The normalized spacial score (nSPS) is 17.7. The number of aromatic nitrogens is 2. The summed E-state index contributed by atoms with van der Waals surface area (Å²) in [5.74, 6) is 0.657. The molecule has 1 fully saturated rings. The summed E-state index contributed by atoms with van der Waals surface area (Å²) in [7, 11) is 1.61. The van der Waals surface area contributed by atoms with Gasteiger partial charge in [0, 0.05) is 23.3 Å². The van der Waals surface area contributed by atoms with Crippen LogP contribution in [-0.4, -0.2) is 21.8 Å². The number of benzene rings is 2. The lowest BCUT2D eigenvalue weighted by Crippen LogP contribution is -2.30. The number of hydrogen-bond acceptors (Lipinski definition) is 3. The van der Waals surface area contributed by atoms with Gasteiger partial charge in [-0.3, -0.25) is 4.98 Å². The lowest BCUT2D eigenvalue weighted by molar-refractivity contribution is -0.137. The number of alkyl halides is 3. The van der Waals surface area contributed by atoms with Crippen LogP contribution < -0.4 is 15.0 Å². The number of para-hydroxylation sites is 2. The van der Waals surface area contributed by atoms with Crippen molar-refractivity contribution in [3.63, 3.8) is 0 Å². The number of nitrogens with zero attached hydrogens (tertiary/aromatic N) is 3. The summed E-state index contributed by atoms with van der Waals surface area (Å²) in [6, 6.07) is 20.1. The summed E-state index contributed by atoms with van der Waals surface area (Å²) in [5, 5.41) is 3.93. The number of rotatable bonds is 5. The van der Waals surface area contributed by atoms with E-state index >= 15 is 0 Å². The summed E-state index contributed by atoms with van der Waals surface area (Å²) in [4.78, 5) is 6.59. The molecule has 5 rings (SSSR count). The first-order valence-electron chi connectivity index (χ1n) is 11.7. The Balaban J connectivity index is 1.69. The molecule has 0 aliphatic carbocycles. The minimum atomic E-state index is -4.43. The second kappa shape index (κ2) is 9.55. The first-order chi connectivity index (χ1) is 17.7. The van der Waals surface area contributed by atoms with E-state index in [4.69, 9.17) is 17.0 Å². The summed E-state index contributed by atoms with van der Waals surface area (Å²) in [6.07, 6.45) is -2.70. The minimum Gasteiger partial charge on any atom is -0.495 e. The van der Waals surface area contributed by atoms with E-state index in [1.54, 1.807) is 19.4 Å². The standard InChI is InChI=1S/C28H25F3N4OS/c1-17-15-21(18(2)34(17)20-10-8-9-19(16-20)28(29,30)31)26-25(22-11-6-7-14-32-22)33-27(37)35(26)23-12-4-5-13-24(23)36-3/h4-16,25-26H,1-3H3,(H,33,37)/t25-,26-/m1/s1. The molecule has 1 aliphatic rings. The molecule has 5 nitrogen and oxygen atoms in total. The van der Waals surface area contributed by atoms with Gasteiger partial charge in [0.1, 0.15) is 5.75 Å². The highest BCUT2D eigenvalue weighted by Gasteiger charge is 2.43. The molecule has 9 heteroatoms. The van der Waals surface area contributed by atoms with Crippen LogP contribution in [0.4, 0.5) is 18.9 Å². The predicted molar refractivity (Wildman–Crippen MR) is 141 cm³/mol. The molecule has 2 aromatic heterocycles. The number of thiocarbonyl (C=S) groups is 1. The van der Waals surface area contributed by atoms with E-state index in [0.717, 1.165) is 34.4 Å². The fourth-order valence-electron chi connectivity index (χ4n) is 5.06. The molecule has 2 atom stereocenters. The number of hydrogen-bond donors (Lipinski definition) is 1. The maximum atomic E-state index is 13.5. The van der Waals surface area contributed by atoms with Crippen molar-refractivity contribution >= 4 is 23.0 Å². The van der Waals surface area contributed by atoms with Gasteiger partial charge in [0.15, 0.2) is 5.11 Å². The van der Waals surface area contributed by atoms with Crippen molar-refractivity contribution in [3.8, 4) is 11.4 Å². The van der Waals surface area contributed by atoms with E-state index in [2.05, 4.69) is 10.3 Å². The summed E-state index contributed by atoms with van der Waals surface area (Å²) >= 11 is 5.82. The quantitative estimate of drug-likeness (QED) is 0.296. The molecule has 3 heterocycles. The van der Waals surface area contributed by atoms with Gasteiger partial charge in [-0.2, -0.15) is 13.2 Å². The Morgan fingerprint density at radius 3 is 2.43 bits per heavy atom. The van der Waals surface area contributed by atoms with Crippen molar-refractivity contribution in [3.05, 3.63) is 107 Å². The predicted octanol–water partition coefficient (Wildman–Crippen LogP) is 6.69. The highest BCUT2D eigenvalue weighted by Crippen LogP contribution is 2.46. The third kappa shape index (κ3) is 4.44. The fraction of sp³-hybridized carbons (Fsp3) is 0.214. The zero-order valence-corrected chi connectivity index (χ0v) is 21.3. The Bertz CT molecular complexity index is 1450. The van der Waals surface area contributed by atoms with Gasteiger partial charge in [0.25, 0.3) is 0 Å². The van der Waals surface area contributed by atoms with Crippen LogP contribution in [0, 0.1) is 13.8 Å². The zero-order chi connectivity index (χ0) is 26.3. The van der Waals surface area contributed by atoms with Gasteiger partial charge < -0.3 is 19.5 Å². The molecule has 0 unspecified atom stereocenters. The second-order valence-electron chi connectivity index (χ2n) is 8.88.